The lowest BCUT2D eigenvalue weighted by molar-refractivity contribution is 0.328. The van der Waals surface area contributed by atoms with Crippen LogP contribution in [0.4, 0.5) is 11.6 Å². The van der Waals surface area contributed by atoms with Crippen LogP contribution >= 0.6 is 0 Å². The van der Waals surface area contributed by atoms with Gasteiger partial charge in [-0.25, -0.2) is 19.5 Å². The summed E-state index contributed by atoms with van der Waals surface area (Å²) >= 11 is 0. The van der Waals surface area contributed by atoms with E-state index in [-0.39, 0.29) is 0 Å². The van der Waals surface area contributed by atoms with Crippen LogP contribution in [0.5, 0.6) is 0 Å². The summed E-state index contributed by atoms with van der Waals surface area (Å²) in [6, 6.07) is 2.33. The molecule has 26 heavy (non-hydrogen) atoms. The van der Waals surface area contributed by atoms with Crippen molar-refractivity contribution >= 4 is 17.3 Å². The number of nitrogens with one attached hydrogen (secondary N) is 1. The molecular weight excluding hydrogens is 326 g/mol. The first-order chi connectivity index (χ1) is 12.6. The van der Waals surface area contributed by atoms with Gasteiger partial charge >= 0.3 is 0 Å². The van der Waals surface area contributed by atoms with E-state index in [1.807, 2.05) is 25.4 Å². The molecule has 3 N–H and O–H groups in total. The molecule has 136 valence electrons. The Bertz CT molecular complexity index is 911. The second-order valence-corrected chi connectivity index (χ2v) is 7.28. The van der Waals surface area contributed by atoms with Gasteiger partial charge in [-0.1, -0.05) is 19.3 Å². The van der Waals surface area contributed by atoms with Gasteiger partial charge in [0.15, 0.2) is 11.5 Å². The standard InChI is InChI=1S/C19H25N7/c1-12-9-21-19-17(18(20)25-26(19)10-12)15-8-16(23-11-22-15)24-13(2)14-6-4-3-5-7-14/h8-11,13-14H,3-7H2,1-2H3,(H2,20,25)(H,22,23,24)/t13-/m1/s1. The quantitative estimate of drug-likeness (QED) is 0.747. The number of hydrogen-bond acceptors (Lipinski definition) is 6. The molecule has 0 saturated heterocycles. The monoisotopic (exact) mass is 351 g/mol. The minimum atomic E-state index is 0.389. The predicted octanol–water partition coefficient (Wildman–Crippen LogP) is 3.46. The van der Waals surface area contributed by atoms with Gasteiger partial charge in [0, 0.05) is 24.5 Å². The predicted molar refractivity (Wildman–Crippen MR) is 103 cm³/mol. The van der Waals surface area contributed by atoms with Gasteiger partial charge in [0.25, 0.3) is 0 Å². The second-order valence-electron chi connectivity index (χ2n) is 7.28. The Kier molecular flexibility index (Phi) is 4.44. The zero-order valence-corrected chi connectivity index (χ0v) is 15.3. The van der Waals surface area contributed by atoms with Crippen LogP contribution in [0.25, 0.3) is 16.9 Å². The van der Waals surface area contributed by atoms with Crippen LogP contribution in [0.1, 0.15) is 44.6 Å². The van der Waals surface area contributed by atoms with Crippen molar-refractivity contribution in [3.8, 4) is 11.3 Å². The summed E-state index contributed by atoms with van der Waals surface area (Å²) in [5.74, 6) is 1.95. The highest BCUT2D eigenvalue weighted by Crippen LogP contribution is 2.30. The van der Waals surface area contributed by atoms with E-state index in [1.54, 1.807) is 10.8 Å². The van der Waals surface area contributed by atoms with Gasteiger partial charge in [0.2, 0.25) is 0 Å². The third kappa shape index (κ3) is 3.21. The first kappa shape index (κ1) is 16.8. The molecule has 0 amide bonds. The highest BCUT2D eigenvalue weighted by Gasteiger charge is 2.21. The van der Waals surface area contributed by atoms with Crippen molar-refractivity contribution in [2.24, 2.45) is 5.92 Å². The molecule has 7 nitrogen and oxygen atoms in total. The van der Waals surface area contributed by atoms with Gasteiger partial charge in [0.05, 0.1) is 11.3 Å². The Hall–Kier alpha value is -2.70. The minimum absolute atomic E-state index is 0.389. The lowest BCUT2D eigenvalue weighted by Gasteiger charge is -2.28. The Morgan fingerprint density at radius 3 is 2.81 bits per heavy atom. The number of anilines is 2. The number of nitrogens with zero attached hydrogens (tertiary/aromatic N) is 5. The van der Waals surface area contributed by atoms with Crippen LogP contribution in [0.15, 0.2) is 24.8 Å². The molecule has 3 heterocycles. The third-order valence-electron chi connectivity index (χ3n) is 5.28. The zero-order chi connectivity index (χ0) is 18.1. The van der Waals surface area contributed by atoms with Crippen molar-refractivity contribution in [3.05, 3.63) is 30.4 Å². The maximum atomic E-state index is 6.15. The molecule has 1 fully saturated rings. The molecule has 1 atom stereocenters. The Morgan fingerprint density at radius 2 is 2.00 bits per heavy atom. The number of hydrogen-bond donors (Lipinski definition) is 2. The summed E-state index contributed by atoms with van der Waals surface area (Å²) in [7, 11) is 0. The molecule has 1 aliphatic carbocycles. The lowest BCUT2D eigenvalue weighted by atomic mass is 9.84. The normalized spacial score (nSPS) is 16.7. The van der Waals surface area contributed by atoms with Crippen molar-refractivity contribution in [2.75, 3.05) is 11.1 Å². The van der Waals surface area contributed by atoms with E-state index >= 15 is 0 Å². The molecule has 7 heteroatoms. The van der Waals surface area contributed by atoms with Crippen LogP contribution in [-0.4, -0.2) is 30.6 Å². The van der Waals surface area contributed by atoms with Gasteiger partial charge < -0.3 is 11.1 Å². The highest BCUT2D eigenvalue weighted by molar-refractivity contribution is 5.84. The summed E-state index contributed by atoms with van der Waals surface area (Å²) < 4.78 is 1.71. The molecule has 1 aliphatic rings. The SMILES string of the molecule is Cc1cnc2c(-c3cc(N[C@H](C)C4CCCCC4)ncn3)c(N)nn2c1. The first-order valence-electron chi connectivity index (χ1n) is 9.31. The van der Waals surface area contributed by atoms with Gasteiger partial charge in [-0.15, -0.1) is 5.10 Å². The van der Waals surface area contributed by atoms with Crippen LogP contribution < -0.4 is 11.1 Å². The molecule has 0 aliphatic heterocycles. The maximum absolute atomic E-state index is 6.15. The van der Waals surface area contributed by atoms with Gasteiger partial charge in [0.1, 0.15) is 12.1 Å². The van der Waals surface area contributed by atoms with E-state index in [2.05, 4.69) is 32.3 Å². The minimum Gasteiger partial charge on any atom is -0.382 e. The van der Waals surface area contributed by atoms with Gasteiger partial charge in [-0.05, 0) is 38.2 Å². The lowest BCUT2D eigenvalue weighted by Crippen LogP contribution is -2.28. The number of aromatic nitrogens is 5. The number of nitrogen functional groups attached to an aromatic ring is 1. The molecule has 0 spiro atoms. The van der Waals surface area contributed by atoms with Crippen molar-refractivity contribution in [1.82, 2.24) is 24.6 Å². The van der Waals surface area contributed by atoms with Crippen molar-refractivity contribution in [1.29, 1.82) is 0 Å². The van der Waals surface area contributed by atoms with E-state index in [0.29, 0.717) is 23.4 Å². The second kappa shape index (κ2) is 6.90. The third-order valence-corrected chi connectivity index (χ3v) is 5.28. The number of nitrogens with two attached hydrogens (primary N) is 1. The van der Waals surface area contributed by atoms with Crippen LogP contribution in [0.3, 0.4) is 0 Å². The topological polar surface area (TPSA) is 94.0 Å². The zero-order valence-electron chi connectivity index (χ0n) is 15.3. The number of aryl methyl sites for hydroxylation is 1. The van der Waals surface area contributed by atoms with Crippen LogP contribution in [0.2, 0.25) is 0 Å². The fraction of sp³-hybridized carbons (Fsp3) is 0.474. The summed E-state index contributed by atoms with van der Waals surface area (Å²) in [5.41, 5.74) is 9.37. The molecule has 3 aromatic heterocycles. The molecule has 0 aromatic carbocycles. The Labute approximate surface area is 153 Å². The van der Waals surface area contributed by atoms with Crippen molar-refractivity contribution in [2.45, 2.75) is 52.0 Å². The maximum Gasteiger partial charge on any atom is 0.166 e. The average molecular weight is 351 g/mol. The fourth-order valence-corrected chi connectivity index (χ4v) is 3.85. The Balaban J connectivity index is 1.63. The molecular formula is C19H25N7. The number of rotatable bonds is 4. The van der Waals surface area contributed by atoms with E-state index in [0.717, 1.165) is 22.6 Å². The van der Waals surface area contributed by atoms with E-state index < -0.39 is 0 Å². The molecule has 4 rings (SSSR count). The highest BCUT2D eigenvalue weighted by atomic mass is 15.3. The smallest absolute Gasteiger partial charge is 0.166 e. The van der Waals surface area contributed by atoms with Crippen LogP contribution in [-0.2, 0) is 0 Å². The average Bonchev–Trinajstić information content (AvgIpc) is 2.97. The molecule has 1 saturated carbocycles. The Morgan fingerprint density at radius 1 is 1.19 bits per heavy atom. The molecule has 0 radical (unpaired) electrons. The summed E-state index contributed by atoms with van der Waals surface area (Å²) in [4.78, 5) is 13.3. The molecule has 0 bridgehead atoms. The van der Waals surface area contributed by atoms with Crippen molar-refractivity contribution in [3.63, 3.8) is 0 Å². The largest absolute Gasteiger partial charge is 0.382 e. The molecule has 3 aromatic rings. The van der Waals surface area contributed by atoms with Gasteiger partial charge in [-0.2, -0.15) is 0 Å². The van der Waals surface area contributed by atoms with E-state index in [1.165, 1.54) is 32.1 Å². The summed E-state index contributed by atoms with van der Waals surface area (Å²) in [6.07, 6.45) is 11.9. The number of fused-ring (bicyclic) bond motifs is 1. The van der Waals surface area contributed by atoms with Crippen LogP contribution in [0, 0.1) is 12.8 Å². The van der Waals surface area contributed by atoms with Crippen molar-refractivity contribution < 1.29 is 0 Å². The summed E-state index contributed by atoms with van der Waals surface area (Å²) in [5, 5.41) is 7.92. The van der Waals surface area contributed by atoms with Gasteiger partial charge in [-0.3, -0.25) is 0 Å². The fourth-order valence-electron chi connectivity index (χ4n) is 3.85. The van der Waals surface area contributed by atoms with E-state index in [9.17, 15) is 0 Å². The first-order valence-corrected chi connectivity index (χ1v) is 9.31. The summed E-state index contributed by atoms with van der Waals surface area (Å²) in [6.45, 7) is 4.22. The molecule has 0 unspecified atom stereocenters. The van der Waals surface area contributed by atoms with E-state index in [4.69, 9.17) is 5.73 Å².